The maximum absolute atomic E-state index is 3.68. The molecule has 4 rings (SSSR count). The quantitative estimate of drug-likeness (QED) is 0.537. The van der Waals surface area contributed by atoms with Gasteiger partial charge < -0.3 is 0 Å². The van der Waals surface area contributed by atoms with E-state index in [9.17, 15) is 0 Å². The summed E-state index contributed by atoms with van der Waals surface area (Å²) in [7, 11) is -1.58. The minimum absolute atomic E-state index is 1.16. The molecule has 0 aliphatic carbocycles. The Morgan fingerprint density at radius 3 is 2.09 bits per heavy atom. The predicted octanol–water partition coefficient (Wildman–Crippen LogP) is 4.92. The molecule has 0 N–H and O–H groups in total. The van der Waals surface area contributed by atoms with E-state index >= 15 is 0 Å². The number of rotatable bonds is 1. The first-order chi connectivity index (χ1) is 10.6. The molecule has 1 heterocycles. The van der Waals surface area contributed by atoms with Gasteiger partial charge in [0.15, 0.2) is 0 Å². The number of halogens is 1. The molecule has 2 heteroatoms. The lowest BCUT2D eigenvalue weighted by atomic mass is 10.0. The summed E-state index contributed by atoms with van der Waals surface area (Å²) in [6.45, 7) is 4.92. The second-order valence-electron chi connectivity index (χ2n) is 6.41. The maximum Gasteiger partial charge on any atom is 0.113 e. The van der Waals surface area contributed by atoms with Gasteiger partial charge in [0.2, 0.25) is 0 Å². The van der Waals surface area contributed by atoms with Gasteiger partial charge in [0.1, 0.15) is 8.07 Å². The summed E-state index contributed by atoms with van der Waals surface area (Å²) in [5.41, 5.74) is 5.45. The van der Waals surface area contributed by atoms with Gasteiger partial charge in [0.05, 0.1) is 0 Å². The second kappa shape index (κ2) is 4.93. The summed E-state index contributed by atoms with van der Waals surface area (Å²) in [6.07, 6.45) is 0. The number of hydrogen-bond donors (Lipinski definition) is 0. The zero-order valence-corrected chi connectivity index (χ0v) is 15.3. The Kier molecular flexibility index (Phi) is 3.14. The Balaban J connectivity index is 1.95. The Labute approximate surface area is 141 Å². The summed E-state index contributed by atoms with van der Waals surface area (Å²) in [5, 5.41) is 3.12. The molecule has 0 unspecified atom stereocenters. The van der Waals surface area contributed by atoms with Crippen LogP contribution in [0.25, 0.3) is 22.3 Å². The average molecular weight is 365 g/mol. The molecule has 1 aliphatic rings. The zero-order valence-electron chi connectivity index (χ0n) is 12.7. The van der Waals surface area contributed by atoms with Crippen LogP contribution in [0, 0.1) is 0 Å². The van der Waals surface area contributed by atoms with Gasteiger partial charge in [-0.3, -0.25) is 0 Å². The van der Waals surface area contributed by atoms with E-state index in [0.717, 1.165) is 4.47 Å². The summed E-state index contributed by atoms with van der Waals surface area (Å²) < 4.78 is 1.16. The van der Waals surface area contributed by atoms with Crippen LogP contribution in [0.15, 0.2) is 71.2 Å². The summed E-state index contributed by atoms with van der Waals surface area (Å²) in [5.74, 6) is 0. The molecule has 0 fully saturated rings. The second-order valence-corrected chi connectivity index (χ2v) is 11.6. The fraction of sp³-hybridized carbons (Fsp3) is 0.100. The molecule has 3 aromatic rings. The Hall–Kier alpha value is -1.64. The van der Waals surface area contributed by atoms with Gasteiger partial charge in [0.25, 0.3) is 0 Å². The van der Waals surface area contributed by atoms with E-state index in [1.54, 1.807) is 10.4 Å². The van der Waals surface area contributed by atoms with Crippen molar-refractivity contribution < 1.29 is 0 Å². The molecule has 0 bridgehead atoms. The Morgan fingerprint density at radius 2 is 1.32 bits per heavy atom. The monoisotopic (exact) mass is 364 g/mol. The van der Waals surface area contributed by atoms with E-state index in [1.165, 1.54) is 22.3 Å². The van der Waals surface area contributed by atoms with Gasteiger partial charge in [-0.2, -0.15) is 0 Å². The van der Waals surface area contributed by atoms with Crippen LogP contribution in [0.3, 0.4) is 0 Å². The van der Waals surface area contributed by atoms with Crippen molar-refractivity contribution in [2.45, 2.75) is 13.1 Å². The predicted molar refractivity (Wildman–Crippen MR) is 102 cm³/mol. The molecule has 0 spiro atoms. The lowest BCUT2D eigenvalue weighted by Crippen LogP contribution is -2.49. The average Bonchev–Trinajstić information content (AvgIpc) is 2.76. The molecule has 22 heavy (non-hydrogen) atoms. The molecular weight excluding hydrogens is 348 g/mol. The van der Waals surface area contributed by atoms with Crippen LogP contribution >= 0.6 is 15.9 Å². The van der Waals surface area contributed by atoms with Crippen molar-refractivity contribution >= 4 is 34.4 Å². The highest BCUT2D eigenvalue weighted by Crippen LogP contribution is 2.33. The summed E-state index contributed by atoms with van der Waals surface area (Å²) in [6, 6.07) is 24.4. The van der Waals surface area contributed by atoms with Crippen LogP contribution < -0.4 is 10.4 Å². The Morgan fingerprint density at radius 1 is 0.682 bits per heavy atom. The van der Waals surface area contributed by atoms with Gasteiger partial charge in [-0.15, -0.1) is 0 Å². The van der Waals surface area contributed by atoms with Crippen molar-refractivity contribution in [1.29, 1.82) is 0 Å². The zero-order chi connectivity index (χ0) is 15.3. The lowest BCUT2D eigenvalue weighted by Gasteiger charge is -2.19. The standard InChI is InChI=1S/C20H17BrSi/c1-22(2)19-10-6-4-8-16(19)17-12-11-14(13-20(17)22)15-7-3-5-9-18(15)21/h3-13H,1-2H3. The third-order valence-corrected chi connectivity index (χ3v) is 9.00. The minimum atomic E-state index is -1.58. The molecule has 0 aromatic heterocycles. The van der Waals surface area contributed by atoms with Crippen LogP contribution in [-0.4, -0.2) is 8.07 Å². The third-order valence-electron chi connectivity index (χ3n) is 4.77. The van der Waals surface area contributed by atoms with Crippen molar-refractivity contribution in [2.75, 3.05) is 0 Å². The minimum Gasteiger partial charge on any atom is -0.0623 e. The van der Waals surface area contributed by atoms with Gasteiger partial charge in [-0.25, -0.2) is 0 Å². The largest absolute Gasteiger partial charge is 0.113 e. The molecule has 0 atom stereocenters. The smallest absolute Gasteiger partial charge is 0.0623 e. The lowest BCUT2D eigenvalue weighted by molar-refractivity contribution is 1.59. The highest BCUT2D eigenvalue weighted by Gasteiger charge is 2.37. The van der Waals surface area contributed by atoms with E-state index in [2.05, 4.69) is 95.8 Å². The highest BCUT2D eigenvalue weighted by molar-refractivity contribution is 9.10. The molecule has 0 radical (unpaired) electrons. The van der Waals surface area contributed by atoms with Gasteiger partial charge in [0, 0.05) is 4.47 Å². The number of fused-ring (bicyclic) bond motifs is 3. The molecule has 108 valence electrons. The van der Waals surface area contributed by atoms with Crippen LogP contribution in [0.5, 0.6) is 0 Å². The molecule has 0 saturated carbocycles. The van der Waals surface area contributed by atoms with Crippen molar-refractivity contribution in [1.82, 2.24) is 0 Å². The topological polar surface area (TPSA) is 0 Å². The van der Waals surface area contributed by atoms with Gasteiger partial charge >= 0.3 is 0 Å². The Bertz CT molecular complexity index is 880. The third kappa shape index (κ3) is 1.94. The van der Waals surface area contributed by atoms with Crippen LogP contribution in [-0.2, 0) is 0 Å². The van der Waals surface area contributed by atoms with Crippen molar-refractivity contribution in [2.24, 2.45) is 0 Å². The maximum atomic E-state index is 3.68. The fourth-order valence-electron chi connectivity index (χ4n) is 3.57. The van der Waals surface area contributed by atoms with Crippen LogP contribution in [0.4, 0.5) is 0 Å². The first kappa shape index (κ1) is 14.0. The van der Waals surface area contributed by atoms with Gasteiger partial charge in [-0.05, 0) is 38.7 Å². The van der Waals surface area contributed by atoms with E-state index in [1.807, 2.05) is 0 Å². The number of benzene rings is 3. The number of hydrogen-bond acceptors (Lipinski definition) is 0. The molecule has 0 nitrogen and oxygen atoms in total. The first-order valence-electron chi connectivity index (χ1n) is 7.58. The first-order valence-corrected chi connectivity index (χ1v) is 11.4. The molecule has 0 amide bonds. The van der Waals surface area contributed by atoms with Crippen molar-refractivity contribution in [3.05, 3.63) is 71.2 Å². The molecule has 0 saturated heterocycles. The highest BCUT2D eigenvalue weighted by atomic mass is 79.9. The fourth-order valence-corrected chi connectivity index (χ4v) is 7.18. The van der Waals surface area contributed by atoms with E-state index in [0.29, 0.717) is 0 Å². The molecule has 1 aliphatic heterocycles. The van der Waals surface area contributed by atoms with Crippen molar-refractivity contribution in [3.63, 3.8) is 0 Å². The summed E-state index contributed by atoms with van der Waals surface area (Å²) >= 11 is 3.68. The van der Waals surface area contributed by atoms with E-state index in [4.69, 9.17) is 0 Å². The van der Waals surface area contributed by atoms with E-state index in [-0.39, 0.29) is 0 Å². The van der Waals surface area contributed by atoms with Gasteiger partial charge in [-0.1, -0.05) is 89.7 Å². The molecule has 3 aromatic carbocycles. The summed E-state index contributed by atoms with van der Waals surface area (Å²) in [4.78, 5) is 0. The van der Waals surface area contributed by atoms with E-state index < -0.39 is 8.07 Å². The normalized spacial score (nSPS) is 14.5. The SMILES string of the molecule is C[Si]1(C)c2ccccc2-c2ccc(-c3ccccc3Br)cc21. The van der Waals surface area contributed by atoms with Crippen LogP contribution in [0.2, 0.25) is 13.1 Å². The molecular formula is C20H17BrSi. The van der Waals surface area contributed by atoms with Crippen LogP contribution in [0.1, 0.15) is 0 Å². The van der Waals surface area contributed by atoms with Crippen molar-refractivity contribution in [3.8, 4) is 22.3 Å².